The quantitative estimate of drug-likeness (QED) is 0.814. The minimum atomic E-state index is -0.158. The number of hydrogen-bond acceptors (Lipinski definition) is 4. The van der Waals surface area contributed by atoms with Crippen molar-refractivity contribution in [3.8, 4) is 0 Å². The van der Waals surface area contributed by atoms with Gasteiger partial charge >= 0.3 is 0 Å². The Morgan fingerprint density at radius 3 is 3.00 bits per heavy atom. The van der Waals surface area contributed by atoms with E-state index in [2.05, 4.69) is 22.1 Å². The second kappa shape index (κ2) is 5.82. The van der Waals surface area contributed by atoms with E-state index in [1.165, 1.54) is 4.88 Å². The molecule has 2 rings (SSSR count). The Kier molecular flexibility index (Phi) is 4.37. The highest BCUT2D eigenvalue weighted by Gasteiger charge is 2.33. The average molecular weight is 268 g/mol. The first-order valence-electron chi connectivity index (χ1n) is 6.24. The maximum atomic E-state index is 11.7. The minimum absolute atomic E-state index is 0.0350. The predicted molar refractivity (Wildman–Crippen MR) is 72.9 cm³/mol. The SMILES string of the molecule is CC(Cc1cccs1)NC(=O)COC1(C)CNC1. The molecule has 1 aliphatic rings. The van der Waals surface area contributed by atoms with Gasteiger partial charge in [0.2, 0.25) is 5.91 Å². The van der Waals surface area contributed by atoms with Crippen LogP contribution < -0.4 is 10.6 Å². The van der Waals surface area contributed by atoms with Crippen molar-refractivity contribution < 1.29 is 9.53 Å². The lowest BCUT2D eigenvalue weighted by molar-refractivity contribution is -0.136. The summed E-state index contributed by atoms with van der Waals surface area (Å²) in [6.45, 7) is 5.83. The van der Waals surface area contributed by atoms with Crippen LogP contribution >= 0.6 is 11.3 Å². The van der Waals surface area contributed by atoms with Gasteiger partial charge in [0.05, 0.1) is 5.60 Å². The number of ether oxygens (including phenoxy) is 1. The Hall–Kier alpha value is -0.910. The second-order valence-corrected chi connectivity index (χ2v) is 6.13. The molecule has 1 aromatic rings. The fraction of sp³-hybridized carbons (Fsp3) is 0.615. The Morgan fingerprint density at radius 2 is 2.44 bits per heavy atom. The molecule has 2 heterocycles. The van der Waals surface area contributed by atoms with Crippen LogP contribution in [0.3, 0.4) is 0 Å². The average Bonchev–Trinajstić information content (AvgIpc) is 2.76. The first-order chi connectivity index (χ1) is 8.57. The Labute approximate surface area is 112 Å². The van der Waals surface area contributed by atoms with E-state index in [9.17, 15) is 4.79 Å². The molecule has 0 aromatic carbocycles. The fourth-order valence-electron chi connectivity index (χ4n) is 1.92. The number of thiophene rings is 1. The van der Waals surface area contributed by atoms with E-state index < -0.39 is 0 Å². The van der Waals surface area contributed by atoms with Crippen LogP contribution in [0.25, 0.3) is 0 Å². The normalized spacial score (nSPS) is 19.0. The number of hydrogen-bond donors (Lipinski definition) is 2. The van der Waals surface area contributed by atoms with Gasteiger partial charge < -0.3 is 15.4 Å². The van der Waals surface area contributed by atoms with Gasteiger partial charge in [0.15, 0.2) is 0 Å². The maximum Gasteiger partial charge on any atom is 0.246 e. The third kappa shape index (κ3) is 3.80. The first kappa shape index (κ1) is 13.5. The zero-order valence-corrected chi connectivity index (χ0v) is 11.7. The van der Waals surface area contributed by atoms with Crippen molar-refractivity contribution in [2.24, 2.45) is 0 Å². The van der Waals surface area contributed by atoms with E-state index in [0.717, 1.165) is 19.5 Å². The van der Waals surface area contributed by atoms with Crippen molar-refractivity contribution in [2.75, 3.05) is 19.7 Å². The van der Waals surface area contributed by atoms with E-state index in [1.807, 2.05) is 19.9 Å². The third-order valence-corrected chi connectivity index (χ3v) is 3.94. The highest BCUT2D eigenvalue weighted by molar-refractivity contribution is 7.09. The van der Waals surface area contributed by atoms with Gasteiger partial charge in [-0.05, 0) is 25.3 Å². The lowest BCUT2D eigenvalue weighted by Crippen LogP contribution is -2.59. The van der Waals surface area contributed by atoms with Crippen LogP contribution in [0.4, 0.5) is 0 Å². The van der Waals surface area contributed by atoms with Gasteiger partial charge in [-0.2, -0.15) is 0 Å². The van der Waals surface area contributed by atoms with Crippen LogP contribution in [-0.2, 0) is 16.0 Å². The summed E-state index contributed by atoms with van der Waals surface area (Å²) in [6, 6.07) is 4.26. The topological polar surface area (TPSA) is 50.4 Å². The molecule has 1 atom stereocenters. The van der Waals surface area contributed by atoms with Crippen LogP contribution in [0.15, 0.2) is 17.5 Å². The molecule has 1 unspecified atom stereocenters. The molecule has 0 saturated carbocycles. The van der Waals surface area contributed by atoms with E-state index in [-0.39, 0.29) is 24.2 Å². The zero-order chi connectivity index (χ0) is 13.0. The summed E-state index contributed by atoms with van der Waals surface area (Å²) in [6.07, 6.45) is 0.877. The summed E-state index contributed by atoms with van der Waals surface area (Å²) in [7, 11) is 0. The number of rotatable bonds is 6. The minimum Gasteiger partial charge on any atom is -0.363 e. The summed E-state index contributed by atoms with van der Waals surface area (Å²) in [5.41, 5.74) is -0.158. The smallest absolute Gasteiger partial charge is 0.246 e. The Morgan fingerprint density at radius 1 is 1.67 bits per heavy atom. The van der Waals surface area contributed by atoms with E-state index in [4.69, 9.17) is 4.74 Å². The van der Waals surface area contributed by atoms with Gasteiger partial charge in [-0.1, -0.05) is 6.07 Å². The molecule has 2 N–H and O–H groups in total. The zero-order valence-electron chi connectivity index (χ0n) is 10.9. The van der Waals surface area contributed by atoms with Crippen molar-refractivity contribution in [3.05, 3.63) is 22.4 Å². The molecule has 0 aliphatic carbocycles. The summed E-state index contributed by atoms with van der Waals surface area (Å²) in [5, 5.41) is 8.15. The fourth-order valence-corrected chi connectivity index (χ4v) is 2.75. The van der Waals surface area contributed by atoms with Gasteiger partial charge in [0.25, 0.3) is 0 Å². The van der Waals surface area contributed by atoms with Crippen molar-refractivity contribution >= 4 is 17.2 Å². The molecule has 1 amide bonds. The number of amides is 1. The van der Waals surface area contributed by atoms with Gasteiger partial charge in [-0.15, -0.1) is 11.3 Å². The molecule has 5 heteroatoms. The molecule has 0 radical (unpaired) electrons. The standard InChI is InChI=1S/C13H20N2O2S/c1-10(6-11-4-3-5-18-11)15-12(16)7-17-13(2)8-14-9-13/h3-5,10,14H,6-9H2,1-2H3,(H,15,16). The van der Waals surface area contributed by atoms with Crippen molar-refractivity contribution in [1.82, 2.24) is 10.6 Å². The van der Waals surface area contributed by atoms with Gasteiger partial charge in [-0.3, -0.25) is 4.79 Å². The number of carbonyl (C=O) groups excluding carboxylic acids is 1. The van der Waals surface area contributed by atoms with Gasteiger partial charge in [0.1, 0.15) is 6.61 Å². The third-order valence-electron chi connectivity index (χ3n) is 3.04. The van der Waals surface area contributed by atoms with E-state index >= 15 is 0 Å². The van der Waals surface area contributed by atoms with Gasteiger partial charge in [-0.25, -0.2) is 0 Å². The highest BCUT2D eigenvalue weighted by Crippen LogP contribution is 2.15. The van der Waals surface area contributed by atoms with E-state index in [1.54, 1.807) is 11.3 Å². The number of nitrogens with one attached hydrogen (secondary N) is 2. The predicted octanol–water partition coefficient (Wildman–Crippen LogP) is 1.17. The molecular formula is C13H20N2O2S. The van der Waals surface area contributed by atoms with E-state index in [0.29, 0.717) is 0 Å². The molecule has 4 nitrogen and oxygen atoms in total. The van der Waals surface area contributed by atoms with Crippen LogP contribution in [-0.4, -0.2) is 37.2 Å². The number of carbonyl (C=O) groups is 1. The molecule has 0 spiro atoms. The second-order valence-electron chi connectivity index (χ2n) is 5.09. The van der Waals surface area contributed by atoms with Crippen molar-refractivity contribution in [3.63, 3.8) is 0 Å². The summed E-state index contributed by atoms with van der Waals surface area (Å²) in [5.74, 6) is -0.0350. The van der Waals surface area contributed by atoms with Crippen LogP contribution in [0.1, 0.15) is 18.7 Å². The molecule has 100 valence electrons. The van der Waals surface area contributed by atoms with Crippen LogP contribution in [0.5, 0.6) is 0 Å². The van der Waals surface area contributed by atoms with Crippen molar-refractivity contribution in [1.29, 1.82) is 0 Å². The molecule has 1 aromatic heterocycles. The molecule has 1 saturated heterocycles. The Balaban J connectivity index is 1.67. The lowest BCUT2D eigenvalue weighted by atomic mass is 10.0. The van der Waals surface area contributed by atoms with Crippen LogP contribution in [0, 0.1) is 0 Å². The summed E-state index contributed by atoms with van der Waals surface area (Å²) < 4.78 is 5.59. The lowest BCUT2D eigenvalue weighted by Gasteiger charge is -2.38. The molecule has 1 aliphatic heterocycles. The van der Waals surface area contributed by atoms with Crippen molar-refractivity contribution in [2.45, 2.75) is 31.9 Å². The largest absolute Gasteiger partial charge is 0.363 e. The maximum absolute atomic E-state index is 11.7. The first-order valence-corrected chi connectivity index (χ1v) is 7.12. The molecule has 1 fully saturated rings. The van der Waals surface area contributed by atoms with Crippen LogP contribution in [0.2, 0.25) is 0 Å². The molecule has 18 heavy (non-hydrogen) atoms. The summed E-state index contributed by atoms with van der Waals surface area (Å²) >= 11 is 1.72. The highest BCUT2D eigenvalue weighted by atomic mass is 32.1. The Bertz CT molecular complexity index is 388. The monoisotopic (exact) mass is 268 g/mol. The summed E-state index contributed by atoms with van der Waals surface area (Å²) in [4.78, 5) is 13.0. The molecular weight excluding hydrogens is 248 g/mol. The molecule has 0 bridgehead atoms. The van der Waals surface area contributed by atoms with Gasteiger partial charge in [0, 0.05) is 30.4 Å².